The van der Waals surface area contributed by atoms with E-state index >= 15 is 0 Å². The zero-order chi connectivity index (χ0) is 12.4. The van der Waals surface area contributed by atoms with Gasteiger partial charge in [-0.05, 0) is 38.1 Å². The van der Waals surface area contributed by atoms with Gasteiger partial charge in [0, 0.05) is 16.6 Å². The second kappa shape index (κ2) is 4.72. The van der Waals surface area contributed by atoms with E-state index in [1.165, 1.54) is 6.20 Å². The number of aromatic nitrogens is 1. The van der Waals surface area contributed by atoms with Crippen LogP contribution in [0.15, 0.2) is 30.5 Å². The van der Waals surface area contributed by atoms with E-state index in [0.717, 1.165) is 10.9 Å². The maximum atomic E-state index is 11.7. The van der Waals surface area contributed by atoms with Gasteiger partial charge in [0.1, 0.15) is 0 Å². The van der Waals surface area contributed by atoms with E-state index in [2.05, 4.69) is 4.98 Å². The van der Waals surface area contributed by atoms with Gasteiger partial charge in [-0.25, -0.2) is 4.79 Å². The third-order valence-corrected chi connectivity index (χ3v) is 2.46. The van der Waals surface area contributed by atoms with E-state index in [4.69, 9.17) is 16.3 Å². The Morgan fingerprint density at radius 3 is 2.82 bits per heavy atom. The summed E-state index contributed by atoms with van der Waals surface area (Å²) >= 11 is 5.89. The summed E-state index contributed by atoms with van der Waals surface area (Å²) in [5.74, 6) is -0.366. The number of esters is 1. The smallest absolute Gasteiger partial charge is 0.339 e. The molecule has 0 aliphatic rings. The first-order chi connectivity index (χ1) is 8.06. The van der Waals surface area contributed by atoms with Crippen LogP contribution in [0.1, 0.15) is 24.2 Å². The topological polar surface area (TPSA) is 39.2 Å². The molecule has 0 bridgehead atoms. The molecule has 1 aromatic heterocycles. The summed E-state index contributed by atoms with van der Waals surface area (Å²) in [6.45, 7) is 3.62. The molecule has 0 aliphatic carbocycles. The van der Waals surface area contributed by atoms with Gasteiger partial charge in [-0.2, -0.15) is 0 Å². The molecule has 0 fully saturated rings. The third kappa shape index (κ3) is 2.74. The zero-order valence-corrected chi connectivity index (χ0v) is 10.4. The standard InChI is InChI=1S/C13H12ClNO2/c1-8(2)17-13(16)10-5-9-6-11(14)3-4-12(9)15-7-10/h3-8H,1-2H3. The van der Waals surface area contributed by atoms with Crippen molar-refractivity contribution in [3.63, 3.8) is 0 Å². The van der Waals surface area contributed by atoms with Gasteiger partial charge < -0.3 is 4.74 Å². The number of hydrogen-bond donors (Lipinski definition) is 0. The Hall–Kier alpha value is -1.61. The molecule has 0 aliphatic heterocycles. The summed E-state index contributed by atoms with van der Waals surface area (Å²) < 4.78 is 5.10. The molecule has 0 N–H and O–H groups in total. The van der Waals surface area contributed by atoms with Gasteiger partial charge in [0.15, 0.2) is 0 Å². The van der Waals surface area contributed by atoms with E-state index in [-0.39, 0.29) is 12.1 Å². The maximum absolute atomic E-state index is 11.7. The Morgan fingerprint density at radius 2 is 2.12 bits per heavy atom. The molecule has 3 nitrogen and oxygen atoms in total. The number of carbonyl (C=O) groups is 1. The second-order valence-electron chi connectivity index (χ2n) is 4.02. The molecule has 0 amide bonds. The predicted octanol–water partition coefficient (Wildman–Crippen LogP) is 3.45. The average molecular weight is 250 g/mol. The molecular weight excluding hydrogens is 238 g/mol. The Labute approximate surface area is 104 Å². The Bertz CT molecular complexity index is 566. The van der Waals surface area contributed by atoms with Crippen LogP contribution in [0.3, 0.4) is 0 Å². The Balaban J connectivity index is 2.40. The summed E-state index contributed by atoms with van der Waals surface area (Å²) in [7, 11) is 0. The first-order valence-electron chi connectivity index (χ1n) is 5.32. The lowest BCUT2D eigenvalue weighted by Crippen LogP contribution is -2.11. The van der Waals surface area contributed by atoms with Crippen LogP contribution in [-0.2, 0) is 4.74 Å². The molecule has 4 heteroatoms. The molecule has 0 radical (unpaired) electrons. The lowest BCUT2D eigenvalue weighted by atomic mass is 10.1. The fourth-order valence-corrected chi connectivity index (χ4v) is 1.68. The number of pyridine rings is 1. The molecule has 0 unspecified atom stereocenters. The van der Waals surface area contributed by atoms with E-state index in [1.807, 2.05) is 19.9 Å². The molecule has 0 saturated heterocycles. The Morgan fingerprint density at radius 1 is 1.35 bits per heavy atom. The van der Waals surface area contributed by atoms with Crippen LogP contribution in [0.2, 0.25) is 5.02 Å². The summed E-state index contributed by atoms with van der Waals surface area (Å²) in [6, 6.07) is 7.09. The summed E-state index contributed by atoms with van der Waals surface area (Å²) in [5, 5.41) is 1.45. The van der Waals surface area contributed by atoms with Gasteiger partial charge >= 0.3 is 5.97 Å². The molecular formula is C13H12ClNO2. The average Bonchev–Trinajstić information content (AvgIpc) is 2.27. The lowest BCUT2D eigenvalue weighted by Gasteiger charge is -2.08. The zero-order valence-electron chi connectivity index (χ0n) is 9.61. The van der Waals surface area contributed by atoms with Crippen LogP contribution in [-0.4, -0.2) is 17.1 Å². The molecule has 0 atom stereocenters. The van der Waals surface area contributed by atoms with Gasteiger partial charge in [0.05, 0.1) is 17.2 Å². The number of hydrogen-bond acceptors (Lipinski definition) is 3. The molecule has 17 heavy (non-hydrogen) atoms. The van der Waals surface area contributed by atoms with Gasteiger partial charge in [0.2, 0.25) is 0 Å². The van der Waals surface area contributed by atoms with Crippen LogP contribution < -0.4 is 0 Å². The third-order valence-electron chi connectivity index (χ3n) is 2.22. The first-order valence-corrected chi connectivity index (χ1v) is 5.70. The van der Waals surface area contributed by atoms with Crippen LogP contribution in [0.25, 0.3) is 10.9 Å². The minimum absolute atomic E-state index is 0.141. The highest BCUT2D eigenvalue weighted by Crippen LogP contribution is 2.19. The highest BCUT2D eigenvalue weighted by molar-refractivity contribution is 6.31. The first kappa shape index (κ1) is 11.9. The second-order valence-corrected chi connectivity index (χ2v) is 4.45. The molecule has 2 rings (SSSR count). The van der Waals surface area contributed by atoms with Crippen molar-refractivity contribution in [2.24, 2.45) is 0 Å². The van der Waals surface area contributed by atoms with Gasteiger partial charge in [-0.1, -0.05) is 11.6 Å². The number of nitrogens with zero attached hydrogens (tertiary/aromatic N) is 1. The molecule has 2 aromatic rings. The van der Waals surface area contributed by atoms with Crippen molar-refractivity contribution in [2.45, 2.75) is 20.0 Å². The largest absolute Gasteiger partial charge is 0.459 e. The summed E-state index contributed by atoms with van der Waals surface area (Å²) in [6.07, 6.45) is 1.37. The fraction of sp³-hybridized carbons (Fsp3) is 0.231. The Kier molecular flexibility index (Phi) is 3.29. The highest BCUT2D eigenvalue weighted by atomic mass is 35.5. The number of fused-ring (bicyclic) bond motifs is 1. The number of ether oxygens (including phenoxy) is 1. The molecule has 1 aromatic carbocycles. The van der Waals surface area contributed by atoms with Crippen LogP contribution in [0, 0.1) is 0 Å². The number of halogens is 1. The van der Waals surface area contributed by atoms with Crippen molar-refractivity contribution >= 4 is 28.5 Å². The van der Waals surface area contributed by atoms with Crippen LogP contribution in [0.5, 0.6) is 0 Å². The molecule has 0 spiro atoms. The summed E-state index contributed by atoms with van der Waals surface area (Å²) in [5.41, 5.74) is 1.24. The van der Waals surface area contributed by atoms with Gasteiger partial charge in [-0.3, -0.25) is 4.98 Å². The molecule has 1 heterocycles. The lowest BCUT2D eigenvalue weighted by molar-refractivity contribution is 0.0377. The van der Waals surface area contributed by atoms with Crippen molar-refractivity contribution in [3.8, 4) is 0 Å². The van der Waals surface area contributed by atoms with Crippen LogP contribution in [0.4, 0.5) is 0 Å². The fourth-order valence-electron chi connectivity index (χ4n) is 1.50. The quantitative estimate of drug-likeness (QED) is 0.766. The predicted molar refractivity (Wildman–Crippen MR) is 67.3 cm³/mol. The minimum Gasteiger partial charge on any atom is -0.459 e. The van der Waals surface area contributed by atoms with Crippen molar-refractivity contribution in [1.29, 1.82) is 0 Å². The minimum atomic E-state index is -0.366. The van der Waals surface area contributed by atoms with E-state index < -0.39 is 0 Å². The molecule has 0 saturated carbocycles. The highest BCUT2D eigenvalue weighted by Gasteiger charge is 2.10. The van der Waals surface area contributed by atoms with Crippen molar-refractivity contribution in [3.05, 3.63) is 41.0 Å². The normalized spacial score (nSPS) is 10.8. The van der Waals surface area contributed by atoms with E-state index in [1.54, 1.807) is 18.2 Å². The van der Waals surface area contributed by atoms with E-state index in [9.17, 15) is 4.79 Å². The van der Waals surface area contributed by atoms with Gasteiger partial charge in [0.25, 0.3) is 0 Å². The number of carbonyl (C=O) groups excluding carboxylic acids is 1. The maximum Gasteiger partial charge on any atom is 0.339 e. The van der Waals surface area contributed by atoms with Crippen molar-refractivity contribution in [2.75, 3.05) is 0 Å². The summed E-state index contributed by atoms with van der Waals surface area (Å²) in [4.78, 5) is 15.9. The molecule has 88 valence electrons. The van der Waals surface area contributed by atoms with Crippen molar-refractivity contribution in [1.82, 2.24) is 4.98 Å². The van der Waals surface area contributed by atoms with Crippen LogP contribution >= 0.6 is 11.6 Å². The van der Waals surface area contributed by atoms with Crippen molar-refractivity contribution < 1.29 is 9.53 Å². The number of rotatable bonds is 2. The monoisotopic (exact) mass is 249 g/mol. The van der Waals surface area contributed by atoms with Gasteiger partial charge in [-0.15, -0.1) is 0 Å². The van der Waals surface area contributed by atoms with E-state index in [0.29, 0.717) is 10.6 Å². The number of benzene rings is 1. The SMILES string of the molecule is CC(C)OC(=O)c1cnc2ccc(Cl)cc2c1.